The van der Waals surface area contributed by atoms with Gasteiger partial charge < -0.3 is 13.9 Å². The van der Waals surface area contributed by atoms with E-state index in [-0.39, 0.29) is 12.4 Å². The van der Waals surface area contributed by atoms with Crippen molar-refractivity contribution in [2.75, 3.05) is 13.2 Å². The minimum atomic E-state index is -1.44. The van der Waals surface area contributed by atoms with Crippen molar-refractivity contribution in [2.45, 2.75) is 83.9 Å². The number of ether oxygens (including phenoxy) is 2. The van der Waals surface area contributed by atoms with Gasteiger partial charge in [0, 0.05) is 6.61 Å². The second-order valence-corrected chi connectivity index (χ2v) is 10.7. The first-order valence-electron chi connectivity index (χ1n) is 9.25. The van der Waals surface area contributed by atoms with Crippen LogP contribution < -0.4 is 0 Å². The summed E-state index contributed by atoms with van der Waals surface area (Å²) in [5.74, 6) is 0. The van der Waals surface area contributed by atoms with Crippen LogP contribution in [0.1, 0.15) is 53.4 Å². The maximum atomic E-state index is 6.29. The van der Waals surface area contributed by atoms with E-state index in [2.05, 4.69) is 40.9 Å². The van der Waals surface area contributed by atoms with Crippen LogP contribution in [-0.4, -0.2) is 33.9 Å². The first-order chi connectivity index (χ1) is 11.1. The lowest BCUT2D eigenvalue weighted by Crippen LogP contribution is -2.36. The molecule has 4 heteroatoms. The highest BCUT2D eigenvalue weighted by Crippen LogP contribution is 2.22. The molecule has 0 bridgehead atoms. The van der Waals surface area contributed by atoms with E-state index in [1.54, 1.807) is 6.08 Å². The molecule has 2 unspecified atom stereocenters. The molecule has 0 aliphatic rings. The first-order valence-corrected chi connectivity index (χ1v) is 11.8. The zero-order valence-corrected chi connectivity index (χ0v) is 16.8. The zero-order chi connectivity index (χ0) is 17.6. The average molecular weight is 343 g/mol. The fraction of sp³-hybridized carbons (Fsp3) is 0.789. The van der Waals surface area contributed by atoms with Gasteiger partial charge in [-0.2, -0.15) is 0 Å². The van der Waals surface area contributed by atoms with E-state index in [1.165, 1.54) is 18.1 Å². The van der Waals surface area contributed by atoms with Crippen LogP contribution in [0, 0.1) is 0 Å². The standard InChI is InChI=1S/C19H38O3Si/c1-7-16-20-19(22-18(8-2)9-3)15-13-14-17-21-23(10-4,11-5)12-6/h7-8,18-19H,1-2,9-17H2,3-6H3. The van der Waals surface area contributed by atoms with Crippen molar-refractivity contribution in [2.24, 2.45) is 0 Å². The molecule has 2 atom stereocenters. The molecule has 0 N–H and O–H groups in total. The van der Waals surface area contributed by atoms with E-state index >= 15 is 0 Å². The van der Waals surface area contributed by atoms with Crippen LogP contribution >= 0.6 is 0 Å². The van der Waals surface area contributed by atoms with Crippen LogP contribution in [0.2, 0.25) is 18.1 Å². The summed E-state index contributed by atoms with van der Waals surface area (Å²) in [5.41, 5.74) is 0. The van der Waals surface area contributed by atoms with Crippen LogP contribution in [-0.2, 0) is 13.9 Å². The summed E-state index contributed by atoms with van der Waals surface area (Å²) in [6, 6.07) is 3.64. The molecule has 0 saturated carbocycles. The number of unbranched alkanes of at least 4 members (excludes halogenated alkanes) is 1. The first kappa shape index (κ1) is 22.6. The Morgan fingerprint density at radius 3 is 2.13 bits per heavy atom. The molecule has 0 aromatic heterocycles. The quantitative estimate of drug-likeness (QED) is 0.156. The van der Waals surface area contributed by atoms with E-state index in [9.17, 15) is 0 Å². The third-order valence-corrected chi connectivity index (χ3v) is 9.25. The fourth-order valence-electron chi connectivity index (χ4n) is 2.64. The van der Waals surface area contributed by atoms with Crippen molar-refractivity contribution in [3.05, 3.63) is 25.3 Å². The van der Waals surface area contributed by atoms with E-state index < -0.39 is 8.32 Å². The van der Waals surface area contributed by atoms with Gasteiger partial charge in [-0.15, -0.1) is 13.2 Å². The summed E-state index contributed by atoms with van der Waals surface area (Å²) in [5, 5.41) is 0. The molecule has 0 aliphatic heterocycles. The molecule has 0 spiro atoms. The second-order valence-electron chi connectivity index (χ2n) is 5.96. The summed E-state index contributed by atoms with van der Waals surface area (Å²) < 4.78 is 17.9. The predicted molar refractivity (Wildman–Crippen MR) is 102 cm³/mol. The van der Waals surface area contributed by atoms with E-state index in [4.69, 9.17) is 13.9 Å². The summed E-state index contributed by atoms with van der Waals surface area (Å²) in [6.45, 7) is 17.8. The van der Waals surface area contributed by atoms with Crippen molar-refractivity contribution in [1.82, 2.24) is 0 Å². The smallest absolute Gasteiger partial charge is 0.191 e. The lowest BCUT2D eigenvalue weighted by molar-refractivity contribution is -0.157. The molecular formula is C19H38O3Si. The topological polar surface area (TPSA) is 27.7 Å². The minimum Gasteiger partial charge on any atom is -0.417 e. The van der Waals surface area contributed by atoms with Crippen LogP contribution in [0.15, 0.2) is 25.3 Å². The highest BCUT2D eigenvalue weighted by molar-refractivity contribution is 6.73. The highest BCUT2D eigenvalue weighted by Gasteiger charge is 2.28. The van der Waals surface area contributed by atoms with Gasteiger partial charge in [-0.3, -0.25) is 0 Å². The van der Waals surface area contributed by atoms with Gasteiger partial charge >= 0.3 is 0 Å². The monoisotopic (exact) mass is 342 g/mol. The predicted octanol–water partition coefficient (Wildman–Crippen LogP) is 5.69. The van der Waals surface area contributed by atoms with Crippen LogP contribution in [0.4, 0.5) is 0 Å². The largest absolute Gasteiger partial charge is 0.417 e. The third-order valence-electron chi connectivity index (χ3n) is 4.57. The molecule has 0 aromatic rings. The average Bonchev–Trinajstić information content (AvgIpc) is 2.60. The zero-order valence-electron chi connectivity index (χ0n) is 15.8. The molecule has 0 aromatic carbocycles. The van der Waals surface area contributed by atoms with Gasteiger partial charge in [0.1, 0.15) is 0 Å². The van der Waals surface area contributed by atoms with E-state index in [0.717, 1.165) is 32.3 Å². The molecule has 0 radical (unpaired) electrons. The Balaban J connectivity index is 4.15. The molecule has 0 fully saturated rings. The lowest BCUT2D eigenvalue weighted by atomic mass is 10.2. The second kappa shape index (κ2) is 14.0. The van der Waals surface area contributed by atoms with Gasteiger partial charge in [0.15, 0.2) is 14.6 Å². The van der Waals surface area contributed by atoms with Gasteiger partial charge in [-0.25, -0.2) is 0 Å². The van der Waals surface area contributed by atoms with Crippen molar-refractivity contribution >= 4 is 8.32 Å². The Hall–Kier alpha value is -0.423. The fourth-order valence-corrected chi connectivity index (χ4v) is 5.33. The molecule has 3 nitrogen and oxygen atoms in total. The highest BCUT2D eigenvalue weighted by atomic mass is 28.4. The summed E-state index contributed by atoms with van der Waals surface area (Å²) in [7, 11) is -1.44. The minimum absolute atomic E-state index is 0.0568. The van der Waals surface area contributed by atoms with Gasteiger partial charge in [0.25, 0.3) is 0 Å². The number of hydrogen-bond donors (Lipinski definition) is 0. The Kier molecular flexibility index (Phi) is 13.7. The summed E-state index contributed by atoms with van der Waals surface area (Å²) in [6.07, 6.45) is 7.41. The van der Waals surface area contributed by atoms with Crippen molar-refractivity contribution < 1.29 is 13.9 Å². The lowest BCUT2D eigenvalue weighted by Gasteiger charge is -2.28. The molecule has 136 valence electrons. The molecule has 0 aliphatic carbocycles. The van der Waals surface area contributed by atoms with Gasteiger partial charge in [0.2, 0.25) is 0 Å². The molecule has 0 amide bonds. The maximum Gasteiger partial charge on any atom is 0.191 e. The van der Waals surface area contributed by atoms with E-state index in [0.29, 0.717) is 6.61 Å². The Bertz CT molecular complexity index is 295. The summed E-state index contributed by atoms with van der Waals surface area (Å²) >= 11 is 0. The maximum absolute atomic E-state index is 6.29. The normalized spacial score (nSPS) is 14.4. The SMILES string of the molecule is C=CCOC(CCCCO[Si](CC)(CC)CC)OC(C=C)CC. The Morgan fingerprint density at radius 1 is 1.00 bits per heavy atom. The van der Waals surface area contributed by atoms with Gasteiger partial charge in [-0.1, -0.05) is 39.8 Å². The number of rotatable bonds is 16. The van der Waals surface area contributed by atoms with E-state index in [1.807, 2.05) is 6.08 Å². The van der Waals surface area contributed by atoms with Gasteiger partial charge in [-0.05, 0) is 43.8 Å². The molecular weight excluding hydrogens is 304 g/mol. The molecule has 23 heavy (non-hydrogen) atoms. The Morgan fingerprint density at radius 2 is 1.65 bits per heavy atom. The van der Waals surface area contributed by atoms with Crippen LogP contribution in [0.25, 0.3) is 0 Å². The van der Waals surface area contributed by atoms with Crippen molar-refractivity contribution in [1.29, 1.82) is 0 Å². The number of hydrogen-bond acceptors (Lipinski definition) is 3. The molecule has 0 saturated heterocycles. The molecule has 0 heterocycles. The van der Waals surface area contributed by atoms with Crippen molar-refractivity contribution in [3.63, 3.8) is 0 Å². The van der Waals surface area contributed by atoms with Crippen molar-refractivity contribution in [3.8, 4) is 0 Å². The van der Waals surface area contributed by atoms with Crippen LogP contribution in [0.5, 0.6) is 0 Å². The molecule has 0 rings (SSSR count). The van der Waals surface area contributed by atoms with Gasteiger partial charge in [0.05, 0.1) is 12.7 Å². The summed E-state index contributed by atoms with van der Waals surface area (Å²) in [4.78, 5) is 0. The third kappa shape index (κ3) is 9.45. The van der Waals surface area contributed by atoms with Crippen LogP contribution in [0.3, 0.4) is 0 Å². The Labute approximate surface area is 145 Å².